The first-order valence-electron chi connectivity index (χ1n) is 10.0. The molecule has 0 aliphatic carbocycles. The Morgan fingerprint density at radius 3 is 2.50 bits per heavy atom. The van der Waals surface area contributed by atoms with Crippen molar-refractivity contribution in [3.63, 3.8) is 0 Å². The molecule has 1 aliphatic rings. The molecule has 0 radical (unpaired) electrons. The minimum absolute atomic E-state index is 0.115. The second kappa shape index (κ2) is 8.92. The molecule has 154 valence electrons. The summed E-state index contributed by atoms with van der Waals surface area (Å²) in [5.41, 5.74) is 4.26. The fraction of sp³-hybridized carbons (Fsp3) is 0.261. The highest BCUT2D eigenvalue weighted by molar-refractivity contribution is 5.73. The van der Waals surface area contributed by atoms with Crippen LogP contribution in [-0.2, 0) is 4.79 Å². The molecule has 30 heavy (non-hydrogen) atoms. The summed E-state index contributed by atoms with van der Waals surface area (Å²) in [6.07, 6.45) is 3.56. The maximum atomic E-state index is 10.8. The molecule has 0 spiro atoms. The Bertz CT molecular complexity index is 1010. The van der Waals surface area contributed by atoms with Gasteiger partial charge in [-0.3, -0.25) is 9.69 Å². The normalized spacial score (nSPS) is 15.1. The predicted octanol–water partition coefficient (Wildman–Crippen LogP) is 3.48. The zero-order chi connectivity index (χ0) is 20.9. The van der Waals surface area contributed by atoms with E-state index in [0.717, 1.165) is 42.7 Å². The first kappa shape index (κ1) is 19.8. The van der Waals surface area contributed by atoms with Gasteiger partial charge in [0, 0.05) is 35.9 Å². The first-order chi connectivity index (χ1) is 14.6. The van der Waals surface area contributed by atoms with E-state index >= 15 is 0 Å². The van der Waals surface area contributed by atoms with Gasteiger partial charge in [-0.1, -0.05) is 24.3 Å². The van der Waals surface area contributed by atoms with E-state index in [0.29, 0.717) is 17.3 Å². The third-order valence-electron chi connectivity index (χ3n) is 5.37. The second-order valence-electron chi connectivity index (χ2n) is 7.51. The maximum Gasteiger partial charge on any atom is 0.317 e. The van der Waals surface area contributed by atoms with E-state index in [-0.39, 0.29) is 12.3 Å². The van der Waals surface area contributed by atoms with Gasteiger partial charge in [0.15, 0.2) is 0 Å². The number of piperidine rings is 1. The Morgan fingerprint density at radius 2 is 1.80 bits per heavy atom. The Morgan fingerprint density at radius 1 is 1.07 bits per heavy atom. The van der Waals surface area contributed by atoms with E-state index in [4.69, 9.17) is 5.11 Å². The molecule has 4 rings (SSSR count). The van der Waals surface area contributed by atoms with Crippen molar-refractivity contribution in [2.75, 3.05) is 25.0 Å². The van der Waals surface area contributed by atoms with E-state index in [1.54, 1.807) is 18.3 Å². The fourth-order valence-corrected chi connectivity index (χ4v) is 3.77. The van der Waals surface area contributed by atoms with Gasteiger partial charge < -0.3 is 15.5 Å². The summed E-state index contributed by atoms with van der Waals surface area (Å²) in [4.78, 5) is 12.8. The molecular weight excluding hydrogens is 380 g/mol. The summed E-state index contributed by atoms with van der Waals surface area (Å²) >= 11 is 0. The lowest BCUT2D eigenvalue weighted by Crippen LogP contribution is -2.41. The zero-order valence-electron chi connectivity index (χ0n) is 16.5. The predicted molar refractivity (Wildman–Crippen MR) is 115 cm³/mol. The van der Waals surface area contributed by atoms with Gasteiger partial charge in [0.25, 0.3) is 0 Å². The van der Waals surface area contributed by atoms with Crippen LogP contribution in [0.2, 0.25) is 0 Å². The van der Waals surface area contributed by atoms with E-state index < -0.39 is 5.97 Å². The molecule has 7 heteroatoms. The third-order valence-corrected chi connectivity index (χ3v) is 5.37. The number of carbonyl (C=O) groups is 1. The number of aromatic hydroxyl groups is 1. The highest BCUT2D eigenvalue weighted by atomic mass is 16.4. The number of anilines is 1. The van der Waals surface area contributed by atoms with Gasteiger partial charge in [-0.05, 0) is 48.7 Å². The van der Waals surface area contributed by atoms with Crippen molar-refractivity contribution in [1.82, 2.24) is 15.1 Å². The summed E-state index contributed by atoms with van der Waals surface area (Å²) in [5, 5.41) is 30.8. The number of nitrogens with zero attached hydrogens (tertiary/aromatic N) is 3. The SMILES string of the molecule is O=C(O)CN1CCC(Nc2ccc(-c3cnnc(-c4ccccc4O)c3)cc2)CC1. The maximum absolute atomic E-state index is 10.8. The molecule has 0 amide bonds. The molecule has 0 saturated carbocycles. The summed E-state index contributed by atoms with van der Waals surface area (Å²) in [7, 11) is 0. The van der Waals surface area contributed by atoms with Crippen LogP contribution in [0.5, 0.6) is 5.75 Å². The molecule has 1 aromatic heterocycles. The van der Waals surface area contributed by atoms with E-state index in [1.165, 1.54) is 0 Å². The standard InChI is InChI=1S/C23H24N4O3/c28-22-4-2-1-3-20(22)21-13-17(14-24-26-21)16-5-7-18(8-6-16)25-19-9-11-27(12-10-19)15-23(29)30/h1-8,13-14,19,25,28H,9-12,15H2,(H,29,30). The number of nitrogens with one attached hydrogen (secondary N) is 1. The van der Waals surface area contributed by atoms with E-state index in [1.807, 2.05) is 47.4 Å². The van der Waals surface area contributed by atoms with Gasteiger partial charge in [0.1, 0.15) is 5.75 Å². The van der Waals surface area contributed by atoms with Crippen molar-refractivity contribution in [1.29, 1.82) is 0 Å². The Labute approximate surface area is 175 Å². The lowest BCUT2D eigenvalue weighted by atomic mass is 10.0. The van der Waals surface area contributed by atoms with Gasteiger partial charge in [0.05, 0.1) is 18.4 Å². The molecule has 0 bridgehead atoms. The van der Waals surface area contributed by atoms with Crippen molar-refractivity contribution in [2.45, 2.75) is 18.9 Å². The van der Waals surface area contributed by atoms with Gasteiger partial charge in [-0.2, -0.15) is 10.2 Å². The molecule has 1 saturated heterocycles. The van der Waals surface area contributed by atoms with Crippen LogP contribution in [0.3, 0.4) is 0 Å². The summed E-state index contributed by atoms with van der Waals surface area (Å²) < 4.78 is 0. The molecule has 7 nitrogen and oxygen atoms in total. The Balaban J connectivity index is 1.41. The van der Waals surface area contributed by atoms with Crippen LogP contribution in [-0.4, -0.2) is 57.0 Å². The van der Waals surface area contributed by atoms with E-state index in [2.05, 4.69) is 15.5 Å². The fourth-order valence-electron chi connectivity index (χ4n) is 3.77. The molecule has 0 unspecified atom stereocenters. The number of rotatable bonds is 6. The summed E-state index contributed by atoms with van der Waals surface area (Å²) in [6, 6.07) is 17.5. The van der Waals surface area contributed by atoms with Crippen molar-refractivity contribution >= 4 is 11.7 Å². The van der Waals surface area contributed by atoms with Crippen molar-refractivity contribution in [3.8, 4) is 28.1 Å². The molecule has 2 heterocycles. The van der Waals surface area contributed by atoms with Crippen LogP contribution in [0.4, 0.5) is 5.69 Å². The van der Waals surface area contributed by atoms with Crippen molar-refractivity contribution in [3.05, 3.63) is 60.8 Å². The van der Waals surface area contributed by atoms with Crippen LogP contribution in [0.25, 0.3) is 22.4 Å². The Kier molecular flexibility index (Phi) is 5.90. The van der Waals surface area contributed by atoms with Crippen LogP contribution in [0.1, 0.15) is 12.8 Å². The molecule has 0 atom stereocenters. The lowest BCUT2D eigenvalue weighted by Gasteiger charge is -2.31. The summed E-state index contributed by atoms with van der Waals surface area (Å²) in [5.74, 6) is -0.592. The monoisotopic (exact) mass is 404 g/mol. The minimum atomic E-state index is -0.770. The number of para-hydroxylation sites is 1. The molecule has 1 fully saturated rings. The van der Waals surface area contributed by atoms with Crippen molar-refractivity contribution < 1.29 is 15.0 Å². The number of phenolic OH excluding ortho intramolecular Hbond substituents is 1. The largest absolute Gasteiger partial charge is 0.507 e. The number of aromatic nitrogens is 2. The number of hydrogen-bond acceptors (Lipinski definition) is 6. The zero-order valence-corrected chi connectivity index (χ0v) is 16.5. The molecule has 3 N–H and O–H groups in total. The quantitative estimate of drug-likeness (QED) is 0.578. The minimum Gasteiger partial charge on any atom is -0.507 e. The second-order valence-corrected chi connectivity index (χ2v) is 7.51. The Hall–Kier alpha value is -3.45. The van der Waals surface area contributed by atoms with Gasteiger partial charge >= 0.3 is 5.97 Å². The van der Waals surface area contributed by atoms with Crippen LogP contribution in [0, 0.1) is 0 Å². The number of phenols is 1. The van der Waals surface area contributed by atoms with Gasteiger partial charge in [0.2, 0.25) is 0 Å². The number of aliphatic carboxylic acids is 1. The summed E-state index contributed by atoms with van der Waals surface area (Å²) in [6.45, 7) is 1.70. The van der Waals surface area contributed by atoms with Gasteiger partial charge in [-0.15, -0.1) is 0 Å². The van der Waals surface area contributed by atoms with E-state index in [9.17, 15) is 9.90 Å². The van der Waals surface area contributed by atoms with Gasteiger partial charge in [-0.25, -0.2) is 0 Å². The van der Waals surface area contributed by atoms with Crippen LogP contribution < -0.4 is 5.32 Å². The average molecular weight is 404 g/mol. The van der Waals surface area contributed by atoms with Crippen molar-refractivity contribution in [2.24, 2.45) is 0 Å². The molecule has 1 aliphatic heterocycles. The number of benzene rings is 2. The average Bonchev–Trinajstić information content (AvgIpc) is 2.76. The molecule has 3 aromatic rings. The van der Waals surface area contributed by atoms with Crippen LogP contribution in [0.15, 0.2) is 60.8 Å². The number of carboxylic acid groups (broad SMARTS) is 1. The first-order valence-corrected chi connectivity index (χ1v) is 10.0. The molecule has 2 aromatic carbocycles. The third kappa shape index (κ3) is 4.75. The lowest BCUT2D eigenvalue weighted by molar-refractivity contribution is -0.138. The number of likely N-dealkylation sites (tertiary alicyclic amines) is 1. The van der Waals surface area contributed by atoms with Crippen LogP contribution >= 0.6 is 0 Å². The highest BCUT2D eigenvalue weighted by Gasteiger charge is 2.20. The smallest absolute Gasteiger partial charge is 0.317 e. The number of hydrogen-bond donors (Lipinski definition) is 3. The highest BCUT2D eigenvalue weighted by Crippen LogP contribution is 2.30. The molecular formula is C23H24N4O3. The topological polar surface area (TPSA) is 98.6 Å². The number of carboxylic acids is 1.